The number of ether oxygens (including phenoxy) is 1. The normalized spacial score (nSPS) is 14.3. The van der Waals surface area contributed by atoms with E-state index in [1.54, 1.807) is 6.92 Å². The van der Waals surface area contributed by atoms with Gasteiger partial charge in [0.25, 0.3) is 0 Å². The quantitative estimate of drug-likeness (QED) is 0.752. The molecular formula is C13H19ClFNO2. The molecule has 0 aliphatic heterocycles. The van der Waals surface area contributed by atoms with Crippen LogP contribution in [0.4, 0.5) is 4.39 Å². The number of benzene rings is 1. The van der Waals surface area contributed by atoms with Crippen LogP contribution < -0.4 is 10.1 Å². The standard InChI is InChI=1S/C13H19ClFNO2/c1-3-6-16-8-13(2,17)9-18-10-4-5-12(15)11(14)7-10/h4-5,7,16-17H,3,6,8-9H2,1-2H3. The fraction of sp³-hybridized carbons (Fsp3) is 0.538. The Kier molecular flexibility index (Phi) is 5.85. The monoisotopic (exact) mass is 275 g/mol. The van der Waals surface area contributed by atoms with E-state index < -0.39 is 11.4 Å². The van der Waals surface area contributed by atoms with E-state index in [-0.39, 0.29) is 11.6 Å². The van der Waals surface area contributed by atoms with Crippen molar-refractivity contribution in [3.05, 3.63) is 29.0 Å². The fourth-order valence-corrected chi connectivity index (χ4v) is 1.56. The van der Waals surface area contributed by atoms with Crippen molar-refractivity contribution >= 4 is 11.6 Å². The minimum Gasteiger partial charge on any atom is -0.490 e. The molecule has 18 heavy (non-hydrogen) atoms. The highest BCUT2D eigenvalue weighted by Crippen LogP contribution is 2.21. The van der Waals surface area contributed by atoms with Gasteiger partial charge >= 0.3 is 0 Å². The maximum Gasteiger partial charge on any atom is 0.142 e. The minimum atomic E-state index is -0.976. The molecule has 3 nitrogen and oxygen atoms in total. The van der Waals surface area contributed by atoms with Crippen LogP contribution >= 0.6 is 11.6 Å². The predicted molar refractivity (Wildman–Crippen MR) is 70.7 cm³/mol. The average Bonchev–Trinajstić information content (AvgIpc) is 2.31. The average molecular weight is 276 g/mol. The molecule has 0 fully saturated rings. The van der Waals surface area contributed by atoms with Gasteiger partial charge in [-0.2, -0.15) is 0 Å². The maximum atomic E-state index is 12.9. The Balaban J connectivity index is 2.45. The number of rotatable bonds is 7. The number of hydrogen-bond acceptors (Lipinski definition) is 3. The first-order valence-corrected chi connectivity index (χ1v) is 6.33. The molecule has 0 saturated carbocycles. The molecule has 1 aromatic carbocycles. The number of hydrogen-bond donors (Lipinski definition) is 2. The van der Waals surface area contributed by atoms with Crippen LogP contribution in [0.3, 0.4) is 0 Å². The first-order chi connectivity index (χ1) is 8.44. The highest BCUT2D eigenvalue weighted by atomic mass is 35.5. The molecule has 0 saturated heterocycles. The highest BCUT2D eigenvalue weighted by molar-refractivity contribution is 6.30. The Morgan fingerprint density at radius 3 is 2.83 bits per heavy atom. The molecule has 5 heteroatoms. The first-order valence-electron chi connectivity index (χ1n) is 5.95. The topological polar surface area (TPSA) is 41.5 Å². The summed E-state index contributed by atoms with van der Waals surface area (Å²) in [4.78, 5) is 0. The van der Waals surface area contributed by atoms with E-state index >= 15 is 0 Å². The molecule has 1 atom stereocenters. The molecule has 1 unspecified atom stereocenters. The third kappa shape index (κ3) is 5.21. The van der Waals surface area contributed by atoms with Crippen LogP contribution in [0.2, 0.25) is 5.02 Å². The summed E-state index contributed by atoms with van der Waals surface area (Å²) >= 11 is 5.64. The van der Waals surface area contributed by atoms with Crippen molar-refractivity contribution < 1.29 is 14.2 Å². The van der Waals surface area contributed by atoms with Crippen molar-refractivity contribution in [2.24, 2.45) is 0 Å². The van der Waals surface area contributed by atoms with Gasteiger partial charge in [-0.15, -0.1) is 0 Å². The molecule has 1 aromatic rings. The zero-order chi connectivity index (χ0) is 13.6. The lowest BCUT2D eigenvalue weighted by atomic mass is 10.1. The third-order valence-electron chi connectivity index (χ3n) is 2.37. The van der Waals surface area contributed by atoms with Gasteiger partial charge in [-0.05, 0) is 32.0 Å². The lowest BCUT2D eigenvalue weighted by Gasteiger charge is -2.24. The molecule has 0 bridgehead atoms. The molecule has 0 aliphatic carbocycles. The largest absolute Gasteiger partial charge is 0.490 e. The van der Waals surface area contributed by atoms with Gasteiger partial charge in [-0.1, -0.05) is 18.5 Å². The van der Waals surface area contributed by atoms with E-state index in [9.17, 15) is 9.50 Å². The van der Waals surface area contributed by atoms with E-state index in [0.717, 1.165) is 13.0 Å². The summed E-state index contributed by atoms with van der Waals surface area (Å²) in [5.41, 5.74) is -0.976. The van der Waals surface area contributed by atoms with E-state index in [1.807, 2.05) is 0 Å². The van der Waals surface area contributed by atoms with Gasteiger partial charge in [0, 0.05) is 12.6 Å². The molecule has 0 heterocycles. The predicted octanol–water partition coefficient (Wildman–Crippen LogP) is 2.61. The second-order valence-electron chi connectivity index (χ2n) is 4.54. The zero-order valence-electron chi connectivity index (χ0n) is 10.7. The highest BCUT2D eigenvalue weighted by Gasteiger charge is 2.20. The van der Waals surface area contributed by atoms with Crippen LogP contribution in [0.15, 0.2) is 18.2 Å². The van der Waals surface area contributed by atoms with Gasteiger partial charge in [0.05, 0.1) is 5.02 Å². The molecule has 0 aromatic heterocycles. The number of halogens is 2. The summed E-state index contributed by atoms with van der Waals surface area (Å²) in [6, 6.07) is 4.12. The Morgan fingerprint density at radius 1 is 1.50 bits per heavy atom. The number of aliphatic hydroxyl groups is 1. The van der Waals surface area contributed by atoms with Crippen LogP contribution in [-0.2, 0) is 0 Å². The van der Waals surface area contributed by atoms with Crippen molar-refractivity contribution in [3.8, 4) is 5.75 Å². The minimum absolute atomic E-state index is 0.0104. The molecule has 0 spiro atoms. The van der Waals surface area contributed by atoms with Crippen molar-refractivity contribution in [3.63, 3.8) is 0 Å². The first kappa shape index (κ1) is 15.2. The molecule has 0 amide bonds. The Labute approximate surface area is 112 Å². The lowest BCUT2D eigenvalue weighted by Crippen LogP contribution is -2.43. The third-order valence-corrected chi connectivity index (χ3v) is 2.66. The van der Waals surface area contributed by atoms with E-state index in [4.69, 9.17) is 16.3 Å². The second kappa shape index (κ2) is 6.92. The van der Waals surface area contributed by atoms with Gasteiger partial charge in [0.2, 0.25) is 0 Å². The van der Waals surface area contributed by atoms with Crippen LogP contribution in [0.25, 0.3) is 0 Å². The molecule has 0 aliphatic rings. The van der Waals surface area contributed by atoms with Crippen molar-refractivity contribution in [1.29, 1.82) is 0 Å². The summed E-state index contributed by atoms with van der Waals surface area (Å²) < 4.78 is 18.3. The van der Waals surface area contributed by atoms with Gasteiger partial charge in [-0.25, -0.2) is 4.39 Å². The SMILES string of the molecule is CCCNCC(C)(O)COc1ccc(F)c(Cl)c1. The lowest BCUT2D eigenvalue weighted by molar-refractivity contribution is 0.0125. The molecule has 0 radical (unpaired) electrons. The van der Waals surface area contributed by atoms with Gasteiger partial charge in [0.15, 0.2) is 0 Å². The van der Waals surface area contributed by atoms with E-state index in [0.29, 0.717) is 12.3 Å². The molecule has 2 N–H and O–H groups in total. The van der Waals surface area contributed by atoms with Gasteiger partial charge in [-0.3, -0.25) is 0 Å². The summed E-state index contributed by atoms with van der Waals surface area (Å²) in [5, 5.41) is 13.2. The van der Waals surface area contributed by atoms with Crippen LogP contribution in [0, 0.1) is 5.82 Å². The summed E-state index contributed by atoms with van der Waals surface area (Å²) in [5.74, 6) is -0.0439. The Bertz CT molecular complexity index is 385. The van der Waals surface area contributed by atoms with Crippen molar-refractivity contribution in [2.45, 2.75) is 25.9 Å². The number of nitrogens with one attached hydrogen (secondary N) is 1. The summed E-state index contributed by atoms with van der Waals surface area (Å²) in [6.07, 6.45) is 1.00. The zero-order valence-corrected chi connectivity index (χ0v) is 11.4. The van der Waals surface area contributed by atoms with Crippen LogP contribution in [0.1, 0.15) is 20.3 Å². The fourth-order valence-electron chi connectivity index (χ4n) is 1.39. The molecule has 1 rings (SSSR count). The molecular weight excluding hydrogens is 257 g/mol. The summed E-state index contributed by atoms with van der Waals surface area (Å²) in [7, 11) is 0. The molecule has 102 valence electrons. The van der Waals surface area contributed by atoms with E-state index in [1.165, 1.54) is 18.2 Å². The smallest absolute Gasteiger partial charge is 0.142 e. The van der Waals surface area contributed by atoms with Gasteiger partial charge in [0.1, 0.15) is 23.8 Å². The Hall–Kier alpha value is -0.840. The van der Waals surface area contributed by atoms with Crippen LogP contribution in [-0.4, -0.2) is 30.4 Å². The van der Waals surface area contributed by atoms with Crippen molar-refractivity contribution in [1.82, 2.24) is 5.32 Å². The van der Waals surface area contributed by atoms with Crippen molar-refractivity contribution in [2.75, 3.05) is 19.7 Å². The van der Waals surface area contributed by atoms with Crippen LogP contribution in [0.5, 0.6) is 5.75 Å². The second-order valence-corrected chi connectivity index (χ2v) is 4.95. The maximum absolute atomic E-state index is 12.9. The van der Waals surface area contributed by atoms with Gasteiger partial charge < -0.3 is 15.2 Å². The Morgan fingerprint density at radius 2 is 2.22 bits per heavy atom. The summed E-state index contributed by atoms with van der Waals surface area (Å²) in [6.45, 7) is 5.14. The van der Waals surface area contributed by atoms with E-state index in [2.05, 4.69) is 12.2 Å².